The number of hydrogen-bond donors (Lipinski definition) is 9. The van der Waals surface area contributed by atoms with Gasteiger partial charge in [0.05, 0.1) is 39.0 Å². The van der Waals surface area contributed by atoms with Crippen LogP contribution in [0.1, 0.15) is 195 Å². The number of unbranched alkanes of at least 4 members (excludes halogenated alkanes) is 14. The molecule has 24 nitrogen and oxygen atoms in total. The topological polar surface area (TPSA) is 374 Å². The third-order valence-electron chi connectivity index (χ3n) is 13.2. The highest BCUT2D eigenvalue weighted by molar-refractivity contribution is 5.87. The molecule has 0 unspecified atom stereocenters. The van der Waals surface area contributed by atoms with Gasteiger partial charge >= 0.3 is 23.9 Å². The summed E-state index contributed by atoms with van der Waals surface area (Å²) in [7, 11) is 0. The van der Waals surface area contributed by atoms with Gasteiger partial charge in [0.1, 0.15) is 37.7 Å². The number of rotatable bonds is 58. The van der Waals surface area contributed by atoms with Gasteiger partial charge in [-0.25, -0.2) is 9.59 Å². The van der Waals surface area contributed by atoms with Gasteiger partial charge in [-0.2, -0.15) is 0 Å². The van der Waals surface area contributed by atoms with Crippen molar-refractivity contribution < 1.29 is 98.6 Å². The fourth-order valence-electron chi connectivity index (χ4n) is 8.42. The molecule has 0 heterocycles. The first-order valence-electron chi connectivity index (χ1n) is 28.9. The van der Waals surface area contributed by atoms with Crippen molar-refractivity contribution in [3.8, 4) is 0 Å². The van der Waals surface area contributed by atoms with Crippen molar-refractivity contribution >= 4 is 64.9 Å². The zero-order valence-electron chi connectivity index (χ0n) is 47.5. The Bertz CT molecular complexity index is 1810. The molecule has 80 heavy (non-hydrogen) atoms. The zero-order valence-corrected chi connectivity index (χ0v) is 47.5. The van der Waals surface area contributed by atoms with E-state index in [0.29, 0.717) is 45.1 Å². The van der Waals surface area contributed by atoms with Crippen LogP contribution in [0.25, 0.3) is 0 Å². The van der Waals surface area contributed by atoms with Gasteiger partial charge < -0.3 is 65.7 Å². The molecule has 0 saturated carbocycles. The van der Waals surface area contributed by atoms with Gasteiger partial charge in [-0.05, 0) is 57.8 Å². The van der Waals surface area contributed by atoms with Gasteiger partial charge in [0, 0.05) is 72.0 Å². The standard InChI is InChI=1S/C56H96N4O20.H2/c1-2-42(48(64)39-61)20-17-18-30-57-49(65)29-27-47(56(75)76)60-51(67)28-24-43(54(71)72)38-45(63)40-79-36-35-78-33-31-58-52(68)41-80-37-34-77-32-19-21-44(62)25-26-46(55(73)74)59-50(66)22-15-13-11-9-7-5-3-4-6-8-10-12-14-16-23-53(69)70;/h42-43,46-47,61H,2-41H2,1H3,(H,57,65)(H,58,68)(H,59,66)(H,60,67)(H,69,70)(H,71,72)(H,73,74)(H,75,76);1H/t42-,43+,46-,47-;/m0./s1. The number of Topliss-reactive ketones (excluding diaryl/α,β-unsaturated/α-hetero) is 3. The molecule has 462 valence electrons. The number of carbonyl (C=O) groups excluding carboxylic acids is 7. The van der Waals surface area contributed by atoms with E-state index < -0.39 is 85.0 Å². The Kier molecular flexibility index (Phi) is 47.1. The van der Waals surface area contributed by atoms with Crippen LogP contribution in [0.4, 0.5) is 0 Å². The summed E-state index contributed by atoms with van der Waals surface area (Å²) < 4.78 is 21.4. The van der Waals surface area contributed by atoms with Crippen LogP contribution in [-0.2, 0) is 71.7 Å². The Morgan fingerprint density at radius 1 is 0.400 bits per heavy atom. The lowest BCUT2D eigenvalue weighted by molar-refractivity contribution is -0.145. The molecule has 0 aromatic rings. The van der Waals surface area contributed by atoms with Gasteiger partial charge in [0.15, 0.2) is 11.6 Å². The number of ketones is 3. The number of aliphatic hydroxyl groups excluding tert-OH is 1. The lowest BCUT2D eigenvalue weighted by Gasteiger charge is -2.16. The van der Waals surface area contributed by atoms with Crippen molar-refractivity contribution in [1.82, 2.24) is 21.3 Å². The number of nitrogens with one attached hydrogen (secondary N) is 4. The van der Waals surface area contributed by atoms with Gasteiger partial charge in [0.2, 0.25) is 23.6 Å². The summed E-state index contributed by atoms with van der Waals surface area (Å²) in [4.78, 5) is 131. The normalized spacial score (nSPS) is 12.6. The van der Waals surface area contributed by atoms with Crippen LogP contribution >= 0.6 is 0 Å². The summed E-state index contributed by atoms with van der Waals surface area (Å²) in [6, 6.07) is -2.54. The van der Waals surface area contributed by atoms with Gasteiger partial charge in [-0.3, -0.25) is 43.2 Å². The second kappa shape index (κ2) is 50.5. The van der Waals surface area contributed by atoms with Gasteiger partial charge in [0.25, 0.3) is 0 Å². The molecule has 0 aliphatic carbocycles. The van der Waals surface area contributed by atoms with E-state index in [-0.39, 0.29) is 135 Å². The molecular formula is C56H98N4O20. The monoisotopic (exact) mass is 1150 g/mol. The zero-order chi connectivity index (χ0) is 59.6. The Labute approximate surface area is 473 Å². The molecule has 0 radical (unpaired) electrons. The van der Waals surface area contributed by atoms with Crippen molar-refractivity contribution in [2.45, 2.75) is 205 Å². The molecule has 0 rings (SSSR count). The minimum Gasteiger partial charge on any atom is -0.481 e. The number of carbonyl (C=O) groups is 11. The summed E-state index contributed by atoms with van der Waals surface area (Å²) in [5, 5.41) is 56.5. The number of aliphatic hydroxyl groups is 1. The molecule has 0 aromatic carbocycles. The second-order valence-corrected chi connectivity index (χ2v) is 20.1. The van der Waals surface area contributed by atoms with E-state index >= 15 is 0 Å². The molecule has 0 saturated heterocycles. The Balaban J connectivity index is 0. The number of hydrogen-bond acceptors (Lipinski definition) is 16. The second-order valence-electron chi connectivity index (χ2n) is 20.1. The van der Waals surface area contributed by atoms with E-state index in [1.807, 2.05) is 6.92 Å². The van der Waals surface area contributed by atoms with E-state index in [1.165, 1.54) is 32.1 Å². The van der Waals surface area contributed by atoms with Crippen LogP contribution in [0.15, 0.2) is 0 Å². The predicted octanol–water partition coefficient (Wildman–Crippen LogP) is 5.10. The lowest BCUT2D eigenvalue weighted by Crippen LogP contribution is -2.42. The summed E-state index contributed by atoms with van der Waals surface area (Å²) in [5.41, 5.74) is 0. The van der Waals surface area contributed by atoms with Crippen LogP contribution in [0.3, 0.4) is 0 Å². The molecule has 4 atom stereocenters. The number of amides is 4. The first-order chi connectivity index (χ1) is 38.4. The minimum atomic E-state index is -1.40. The first kappa shape index (κ1) is 74.6. The summed E-state index contributed by atoms with van der Waals surface area (Å²) in [6.07, 6.45) is 16.9. The van der Waals surface area contributed by atoms with E-state index in [4.69, 9.17) is 29.2 Å². The van der Waals surface area contributed by atoms with Crippen LogP contribution in [0, 0.1) is 11.8 Å². The fourth-order valence-corrected chi connectivity index (χ4v) is 8.42. The third kappa shape index (κ3) is 45.3. The number of ether oxygens (including phenoxy) is 4. The average molecular weight is 1150 g/mol. The number of carboxylic acid groups (broad SMARTS) is 4. The maximum Gasteiger partial charge on any atom is 0.326 e. The first-order valence-corrected chi connectivity index (χ1v) is 28.9. The SMILES string of the molecule is CC[C@@H](CCCCNC(=O)CC[C@H](NC(=O)CC[C@H](CC(=O)COCCOCCNC(=O)COCCOCCCC(=O)CC[C@H](NC(=O)CCCCCCCCCCCCCCCCC(=O)O)C(=O)O)C(=O)O)C(=O)O)C(=O)CO.[HH]. The molecule has 0 fully saturated rings. The fraction of sp³-hybridized carbons (Fsp3) is 0.804. The van der Waals surface area contributed by atoms with Crippen molar-refractivity contribution in [2.75, 3.05) is 72.6 Å². The third-order valence-corrected chi connectivity index (χ3v) is 13.2. The molecule has 24 heteroatoms. The highest BCUT2D eigenvalue weighted by Gasteiger charge is 2.26. The maximum absolute atomic E-state index is 12.5. The Hall–Kier alpha value is -5.43. The highest BCUT2D eigenvalue weighted by Crippen LogP contribution is 2.17. The van der Waals surface area contributed by atoms with Gasteiger partial charge in [-0.15, -0.1) is 0 Å². The lowest BCUT2D eigenvalue weighted by atomic mass is 9.95. The highest BCUT2D eigenvalue weighted by atomic mass is 16.5. The van der Waals surface area contributed by atoms with E-state index in [0.717, 1.165) is 51.4 Å². The van der Waals surface area contributed by atoms with Crippen LogP contribution in [0.5, 0.6) is 0 Å². The Morgan fingerprint density at radius 2 is 0.887 bits per heavy atom. The molecule has 9 N–H and O–H groups in total. The summed E-state index contributed by atoms with van der Waals surface area (Å²) >= 11 is 0. The van der Waals surface area contributed by atoms with E-state index in [1.54, 1.807) is 0 Å². The van der Waals surface area contributed by atoms with Crippen molar-refractivity contribution in [2.24, 2.45) is 11.8 Å². The molecule has 0 bridgehead atoms. The minimum absolute atomic E-state index is 0. The summed E-state index contributed by atoms with van der Waals surface area (Å²) in [5.74, 6) is -8.90. The van der Waals surface area contributed by atoms with E-state index in [9.17, 15) is 68.1 Å². The molecular weight excluding hydrogens is 1050 g/mol. The molecule has 4 amide bonds. The number of aliphatic carboxylic acids is 4. The maximum atomic E-state index is 12.5. The molecule has 0 spiro atoms. The molecule has 0 aliphatic heterocycles. The van der Waals surface area contributed by atoms with E-state index in [2.05, 4.69) is 21.3 Å². The predicted molar refractivity (Wildman–Crippen MR) is 294 cm³/mol. The smallest absolute Gasteiger partial charge is 0.326 e. The van der Waals surface area contributed by atoms with Crippen molar-refractivity contribution in [3.05, 3.63) is 0 Å². The summed E-state index contributed by atoms with van der Waals surface area (Å²) in [6.45, 7) is 1.91. The van der Waals surface area contributed by atoms with Crippen molar-refractivity contribution in [1.29, 1.82) is 0 Å². The molecule has 0 aliphatic rings. The molecule has 0 aromatic heterocycles. The van der Waals surface area contributed by atoms with Gasteiger partial charge in [-0.1, -0.05) is 90.4 Å². The Morgan fingerprint density at radius 3 is 1.43 bits per heavy atom. The van der Waals surface area contributed by atoms with Crippen LogP contribution < -0.4 is 21.3 Å². The largest absolute Gasteiger partial charge is 0.481 e. The van der Waals surface area contributed by atoms with Crippen molar-refractivity contribution in [3.63, 3.8) is 0 Å². The average Bonchev–Trinajstić information content (AvgIpc) is 3.41. The van der Waals surface area contributed by atoms with Crippen LogP contribution in [-0.4, -0.2) is 175 Å². The number of carboxylic acids is 4. The van der Waals surface area contributed by atoms with Crippen LogP contribution in [0.2, 0.25) is 0 Å². The quantitative estimate of drug-likeness (QED) is 0.0357.